The van der Waals surface area contributed by atoms with E-state index >= 15 is 0 Å². The van der Waals surface area contributed by atoms with Crippen LogP contribution >= 0.6 is 0 Å². The maximum Gasteiger partial charge on any atom is 0.335 e. The maximum atomic E-state index is 10.8. The number of nitrogens with zero attached hydrogens (tertiary/aromatic N) is 2. The van der Waals surface area contributed by atoms with Gasteiger partial charge in [0.2, 0.25) is 0 Å². The summed E-state index contributed by atoms with van der Waals surface area (Å²) >= 11 is 0. The molecule has 0 saturated heterocycles. The predicted molar refractivity (Wildman–Crippen MR) is 59.5 cm³/mol. The average Bonchev–Trinajstić information content (AvgIpc) is 2.73. The van der Waals surface area contributed by atoms with Gasteiger partial charge in [0, 0.05) is 18.9 Å². The van der Waals surface area contributed by atoms with E-state index in [1.54, 1.807) is 24.7 Å². The van der Waals surface area contributed by atoms with Gasteiger partial charge in [-0.2, -0.15) is 0 Å². The van der Waals surface area contributed by atoms with Crippen LogP contribution in [0.5, 0.6) is 0 Å². The van der Waals surface area contributed by atoms with Crippen molar-refractivity contribution in [3.05, 3.63) is 53.6 Å². The van der Waals surface area contributed by atoms with E-state index in [0.29, 0.717) is 12.1 Å². The number of aromatic carboxylic acids is 1. The quantitative estimate of drug-likeness (QED) is 0.853. The van der Waals surface area contributed by atoms with Crippen LogP contribution in [0.4, 0.5) is 0 Å². The van der Waals surface area contributed by atoms with E-state index in [-0.39, 0.29) is 0 Å². The number of rotatable bonds is 3. The highest BCUT2D eigenvalue weighted by Crippen LogP contribution is 2.12. The number of imidazole rings is 1. The normalized spacial score (nSPS) is 10.3. The van der Waals surface area contributed by atoms with Crippen molar-refractivity contribution in [2.45, 2.75) is 13.5 Å². The van der Waals surface area contributed by atoms with Gasteiger partial charge in [-0.25, -0.2) is 9.78 Å². The zero-order valence-corrected chi connectivity index (χ0v) is 8.92. The second-order valence-electron chi connectivity index (χ2n) is 3.68. The number of aromatic nitrogens is 2. The van der Waals surface area contributed by atoms with Gasteiger partial charge < -0.3 is 9.67 Å². The first-order chi connectivity index (χ1) is 7.66. The molecule has 2 rings (SSSR count). The zero-order chi connectivity index (χ0) is 11.5. The van der Waals surface area contributed by atoms with Crippen LogP contribution in [-0.2, 0) is 6.54 Å². The average molecular weight is 216 g/mol. The van der Waals surface area contributed by atoms with Gasteiger partial charge in [-0.05, 0) is 30.2 Å². The van der Waals surface area contributed by atoms with Crippen molar-refractivity contribution in [3.8, 4) is 0 Å². The van der Waals surface area contributed by atoms with Gasteiger partial charge in [0.25, 0.3) is 0 Å². The molecule has 16 heavy (non-hydrogen) atoms. The van der Waals surface area contributed by atoms with Crippen LogP contribution in [0.2, 0.25) is 0 Å². The van der Waals surface area contributed by atoms with E-state index < -0.39 is 5.97 Å². The minimum absolute atomic E-state index is 0.326. The van der Waals surface area contributed by atoms with Gasteiger partial charge >= 0.3 is 5.97 Å². The third-order valence-corrected chi connectivity index (χ3v) is 2.50. The smallest absolute Gasteiger partial charge is 0.335 e. The molecule has 0 fully saturated rings. The summed E-state index contributed by atoms with van der Waals surface area (Å²) in [5.74, 6) is -0.891. The van der Waals surface area contributed by atoms with Crippen molar-refractivity contribution in [1.29, 1.82) is 0 Å². The van der Waals surface area contributed by atoms with Crippen molar-refractivity contribution in [2.75, 3.05) is 0 Å². The van der Waals surface area contributed by atoms with Crippen LogP contribution in [0, 0.1) is 6.92 Å². The molecule has 0 saturated carbocycles. The Morgan fingerprint density at radius 1 is 1.50 bits per heavy atom. The number of aryl methyl sites for hydroxylation is 1. The summed E-state index contributed by atoms with van der Waals surface area (Å²) in [4.78, 5) is 14.7. The molecule has 4 heteroatoms. The van der Waals surface area contributed by atoms with E-state index in [1.165, 1.54) is 0 Å². The fraction of sp³-hybridized carbons (Fsp3) is 0.167. The van der Waals surface area contributed by atoms with Gasteiger partial charge in [-0.3, -0.25) is 0 Å². The molecule has 0 unspecified atom stereocenters. The molecule has 0 bridgehead atoms. The van der Waals surface area contributed by atoms with Crippen molar-refractivity contribution in [3.63, 3.8) is 0 Å². The summed E-state index contributed by atoms with van der Waals surface area (Å²) in [6, 6.07) is 5.16. The van der Waals surface area contributed by atoms with Gasteiger partial charge in [0.1, 0.15) is 0 Å². The monoisotopic (exact) mass is 216 g/mol. The third-order valence-electron chi connectivity index (χ3n) is 2.50. The number of carboxylic acids is 1. The maximum absolute atomic E-state index is 10.8. The summed E-state index contributed by atoms with van der Waals surface area (Å²) in [7, 11) is 0. The lowest BCUT2D eigenvalue weighted by Crippen LogP contribution is -2.02. The lowest BCUT2D eigenvalue weighted by atomic mass is 10.1. The molecule has 0 aliphatic heterocycles. The summed E-state index contributed by atoms with van der Waals surface area (Å²) in [6.07, 6.45) is 5.34. The van der Waals surface area contributed by atoms with Crippen molar-refractivity contribution >= 4 is 5.97 Å². The van der Waals surface area contributed by atoms with E-state index in [0.717, 1.165) is 11.1 Å². The second-order valence-corrected chi connectivity index (χ2v) is 3.68. The van der Waals surface area contributed by atoms with E-state index in [9.17, 15) is 4.79 Å². The van der Waals surface area contributed by atoms with Crippen molar-refractivity contribution in [2.24, 2.45) is 0 Å². The van der Waals surface area contributed by atoms with Crippen LogP contribution in [0.3, 0.4) is 0 Å². The first kappa shape index (κ1) is 10.4. The molecule has 0 spiro atoms. The molecule has 82 valence electrons. The number of carbonyl (C=O) groups is 1. The lowest BCUT2D eigenvalue weighted by Gasteiger charge is -2.07. The van der Waals surface area contributed by atoms with Gasteiger partial charge in [-0.15, -0.1) is 0 Å². The molecular weight excluding hydrogens is 204 g/mol. The summed E-state index contributed by atoms with van der Waals surface area (Å²) in [5, 5.41) is 8.84. The minimum atomic E-state index is -0.891. The molecule has 0 radical (unpaired) electrons. The Kier molecular flexibility index (Phi) is 2.72. The number of carboxylic acid groups (broad SMARTS) is 1. The van der Waals surface area contributed by atoms with Crippen LogP contribution in [0.25, 0.3) is 0 Å². The fourth-order valence-electron chi connectivity index (χ4n) is 1.58. The first-order valence-electron chi connectivity index (χ1n) is 4.95. The standard InChI is InChI=1S/C12H12N2O2/c1-9-6-10(12(15)16)2-3-11(9)7-14-5-4-13-8-14/h2-6,8H,7H2,1H3,(H,15,16). The van der Waals surface area contributed by atoms with Crippen LogP contribution < -0.4 is 0 Å². The molecule has 0 atom stereocenters. The molecule has 0 amide bonds. The third kappa shape index (κ3) is 2.11. The Labute approximate surface area is 93.2 Å². The number of benzene rings is 1. The Morgan fingerprint density at radius 3 is 2.88 bits per heavy atom. The molecule has 1 N–H and O–H groups in total. The second kappa shape index (κ2) is 4.18. The van der Waals surface area contributed by atoms with Crippen LogP contribution in [0.15, 0.2) is 36.9 Å². The molecule has 1 heterocycles. The van der Waals surface area contributed by atoms with Crippen molar-refractivity contribution < 1.29 is 9.90 Å². The molecular formula is C12H12N2O2. The SMILES string of the molecule is Cc1cc(C(=O)O)ccc1Cn1ccnc1. The largest absolute Gasteiger partial charge is 0.478 e. The molecule has 0 aliphatic carbocycles. The highest BCUT2D eigenvalue weighted by Gasteiger charge is 2.05. The van der Waals surface area contributed by atoms with Gasteiger partial charge in [0.15, 0.2) is 0 Å². The first-order valence-corrected chi connectivity index (χ1v) is 4.95. The van der Waals surface area contributed by atoms with Crippen LogP contribution in [0.1, 0.15) is 21.5 Å². The lowest BCUT2D eigenvalue weighted by molar-refractivity contribution is 0.0697. The van der Waals surface area contributed by atoms with E-state index in [1.807, 2.05) is 23.8 Å². The fourth-order valence-corrected chi connectivity index (χ4v) is 1.58. The van der Waals surface area contributed by atoms with E-state index in [2.05, 4.69) is 4.98 Å². The molecule has 4 nitrogen and oxygen atoms in total. The molecule has 0 aliphatic rings. The summed E-state index contributed by atoms with van der Waals surface area (Å²) < 4.78 is 1.95. The van der Waals surface area contributed by atoms with Gasteiger partial charge in [-0.1, -0.05) is 6.07 Å². The zero-order valence-electron chi connectivity index (χ0n) is 8.92. The highest BCUT2D eigenvalue weighted by molar-refractivity contribution is 5.87. The number of hydrogen-bond acceptors (Lipinski definition) is 2. The minimum Gasteiger partial charge on any atom is -0.478 e. The Balaban J connectivity index is 2.26. The topological polar surface area (TPSA) is 55.1 Å². The Bertz CT molecular complexity index is 504. The summed E-state index contributed by atoms with van der Waals surface area (Å²) in [5.41, 5.74) is 2.41. The number of hydrogen-bond donors (Lipinski definition) is 1. The van der Waals surface area contributed by atoms with Gasteiger partial charge in [0.05, 0.1) is 11.9 Å². The Morgan fingerprint density at radius 2 is 2.31 bits per heavy atom. The Hall–Kier alpha value is -2.10. The molecule has 2 aromatic rings. The molecule has 1 aromatic carbocycles. The summed E-state index contributed by atoms with van der Waals surface area (Å²) in [6.45, 7) is 2.63. The highest BCUT2D eigenvalue weighted by atomic mass is 16.4. The molecule has 1 aromatic heterocycles. The van der Waals surface area contributed by atoms with Crippen molar-refractivity contribution in [1.82, 2.24) is 9.55 Å². The predicted octanol–water partition coefficient (Wildman–Crippen LogP) is 1.94. The van der Waals surface area contributed by atoms with E-state index in [4.69, 9.17) is 5.11 Å². The van der Waals surface area contributed by atoms with Crippen LogP contribution in [-0.4, -0.2) is 20.6 Å².